The van der Waals surface area contributed by atoms with E-state index in [9.17, 15) is 0 Å². The van der Waals surface area contributed by atoms with Crippen molar-refractivity contribution in [3.05, 3.63) is 193 Å². The lowest BCUT2D eigenvalue weighted by Gasteiger charge is -2.26. The number of hydrogen-bond acceptors (Lipinski definition) is 4. The average molecular weight is 761 g/mol. The number of rotatable bonds is 7. The van der Waals surface area contributed by atoms with E-state index in [-0.39, 0.29) is 27.9 Å². The molecule has 0 N–H and O–H groups in total. The summed E-state index contributed by atoms with van der Waals surface area (Å²) in [5.74, 6) is 1.45. The molecule has 58 heavy (non-hydrogen) atoms. The molecule has 0 unspecified atom stereocenters. The maximum atomic E-state index is 8.60. The molecule has 1 aliphatic rings. The first-order chi connectivity index (χ1) is 31.6. The predicted molar refractivity (Wildman–Crippen MR) is 241 cm³/mol. The molecule has 0 fully saturated rings. The van der Waals surface area contributed by atoms with Crippen molar-refractivity contribution in [2.24, 2.45) is 0 Å². The first kappa shape index (κ1) is 27.5. The minimum absolute atomic E-state index is 0.0283. The van der Waals surface area contributed by atoms with Gasteiger partial charge in [-0.15, -0.1) is 0 Å². The molecule has 5 nitrogen and oxygen atoms in total. The summed E-state index contributed by atoms with van der Waals surface area (Å²) in [6.07, 6.45) is 1.29. The van der Waals surface area contributed by atoms with E-state index in [0.29, 0.717) is 23.7 Å². The highest BCUT2D eigenvalue weighted by molar-refractivity contribution is 6.09. The van der Waals surface area contributed by atoms with E-state index >= 15 is 0 Å². The predicted octanol–water partition coefficient (Wildman–Crippen LogP) is 14.2. The van der Waals surface area contributed by atoms with E-state index in [1.165, 1.54) is 17.8 Å². The van der Waals surface area contributed by atoms with Crippen molar-refractivity contribution in [1.29, 1.82) is 0 Å². The standard InChI is InChI=1S/C53H44N4O/c1-36-30-51(54-34-47(36)38-18-9-6-10-19-38)57-48-26-12-11-24-45(48)46-29-28-43(33-50(46)57)58-42-23-14-22-41(32-42)55-35-56(40-21-13-20-39(31-40)53(2,3)4)52-44(25-15-27-49(52)55)37-16-7-5-8-17-37/h5-34H,35H2,1-4H3/i1D3,6D,9D,10D,18D,19D. The fourth-order valence-electron chi connectivity index (χ4n) is 8.01. The highest BCUT2D eigenvalue weighted by Crippen LogP contribution is 2.50. The van der Waals surface area contributed by atoms with Gasteiger partial charge in [0, 0.05) is 55.7 Å². The van der Waals surface area contributed by atoms with E-state index < -0.39 is 37.1 Å². The van der Waals surface area contributed by atoms with Gasteiger partial charge in [0.05, 0.1) is 29.3 Å². The zero-order chi connectivity index (χ0) is 46.2. The number of pyridine rings is 1. The van der Waals surface area contributed by atoms with Crippen molar-refractivity contribution in [3.63, 3.8) is 0 Å². The van der Waals surface area contributed by atoms with Crippen LogP contribution in [-0.2, 0) is 5.41 Å². The van der Waals surface area contributed by atoms with Gasteiger partial charge in [-0.25, -0.2) is 4.98 Å². The summed E-state index contributed by atoms with van der Waals surface area (Å²) in [4.78, 5) is 9.41. The fraction of sp³-hybridized carbons (Fsp3) is 0.113. The van der Waals surface area contributed by atoms with Crippen LogP contribution in [0.15, 0.2) is 182 Å². The van der Waals surface area contributed by atoms with E-state index in [0.717, 1.165) is 50.2 Å². The van der Waals surface area contributed by atoms with Crippen molar-refractivity contribution in [3.8, 4) is 39.6 Å². The second-order valence-corrected chi connectivity index (χ2v) is 15.6. The van der Waals surface area contributed by atoms with Crippen LogP contribution in [0.5, 0.6) is 11.5 Å². The summed E-state index contributed by atoms with van der Waals surface area (Å²) in [5.41, 5.74) is 8.75. The van der Waals surface area contributed by atoms with E-state index in [2.05, 4.69) is 103 Å². The molecule has 5 heteroatoms. The molecular formula is C53H44N4O. The van der Waals surface area contributed by atoms with Crippen LogP contribution in [0.4, 0.5) is 22.7 Å². The number of hydrogen-bond donors (Lipinski definition) is 0. The molecule has 2 aromatic heterocycles. The Hall–Kier alpha value is -7.11. The summed E-state index contributed by atoms with van der Waals surface area (Å²) in [7, 11) is 0. The first-order valence-corrected chi connectivity index (χ1v) is 19.3. The molecule has 0 amide bonds. The quantitative estimate of drug-likeness (QED) is 0.162. The summed E-state index contributed by atoms with van der Waals surface area (Å²) in [6, 6.07) is 46.0. The molecule has 7 aromatic carbocycles. The zero-order valence-electron chi connectivity index (χ0n) is 40.3. The van der Waals surface area contributed by atoms with Gasteiger partial charge >= 0.3 is 0 Å². The molecule has 0 radical (unpaired) electrons. The van der Waals surface area contributed by atoms with Gasteiger partial charge < -0.3 is 14.5 Å². The van der Waals surface area contributed by atoms with Gasteiger partial charge in [0.25, 0.3) is 0 Å². The number of ether oxygens (including phenoxy) is 1. The van der Waals surface area contributed by atoms with Gasteiger partial charge in [-0.1, -0.05) is 130 Å². The minimum Gasteiger partial charge on any atom is -0.457 e. The number of aromatic nitrogens is 2. The van der Waals surface area contributed by atoms with Crippen LogP contribution < -0.4 is 14.5 Å². The molecule has 0 aliphatic carbocycles. The third-order valence-electron chi connectivity index (χ3n) is 10.9. The Balaban J connectivity index is 1.05. The molecular weight excluding hydrogens is 709 g/mol. The normalized spacial score (nSPS) is 14.9. The fourth-order valence-corrected chi connectivity index (χ4v) is 8.01. The number of anilines is 4. The van der Waals surface area contributed by atoms with Gasteiger partial charge in [-0.2, -0.15) is 0 Å². The van der Waals surface area contributed by atoms with Crippen LogP contribution in [-0.4, -0.2) is 16.2 Å². The maximum Gasteiger partial charge on any atom is 0.137 e. The van der Waals surface area contributed by atoms with Crippen molar-refractivity contribution in [2.75, 3.05) is 16.5 Å². The topological polar surface area (TPSA) is 33.5 Å². The van der Waals surface area contributed by atoms with Gasteiger partial charge in [-0.3, -0.25) is 4.57 Å². The number of aryl methyl sites for hydroxylation is 1. The van der Waals surface area contributed by atoms with Crippen LogP contribution in [0, 0.1) is 6.85 Å². The number of benzene rings is 7. The minimum atomic E-state index is -2.72. The highest BCUT2D eigenvalue weighted by atomic mass is 16.5. The number of nitrogens with zero attached hydrogens (tertiary/aromatic N) is 4. The molecule has 3 heterocycles. The van der Waals surface area contributed by atoms with Crippen molar-refractivity contribution < 1.29 is 15.7 Å². The van der Waals surface area contributed by atoms with Gasteiger partial charge in [0.1, 0.15) is 24.0 Å². The molecule has 282 valence electrons. The van der Waals surface area contributed by atoms with E-state index in [1.807, 2.05) is 71.3 Å². The number of para-hydroxylation sites is 2. The smallest absolute Gasteiger partial charge is 0.137 e. The Morgan fingerprint density at radius 2 is 1.36 bits per heavy atom. The summed E-state index contributed by atoms with van der Waals surface area (Å²) < 4.78 is 75.9. The van der Waals surface area contributed by atoms with Crippen LogP contribution in [0.25, 0.3) is 49.9 Å². The second-order valence-electron chi connectivity index (χ2n) is 15.6. The van der Waals surface area contributed by atoms with Gasteiger partial charge in [-0.05, 0) is 89.1 Å². The summed E-state index contributed by atoms with van der Waals surface area (Å²) in [5, 5.41) is 1.80. The molecule has 0 saturated heterocycles. The van der Waals surface area contributed by atoms with E-state index in [1.54, 1.807) is 0 Å². The summed E-state index contributed by atoms with van der Waals surface area (Å²) in [6.45, 7) is 4.55. The third kappa shape index (κ3) is 6.25. The van der Waals surface area contributed by atoms with Crippen LogP contribution in [0.2, 0.25) is 0 Å². The van der Waals surface area contributed by atoms with E-state index in [4.69, 9.17) is 20.7 Å². The Labute approximate surface area is 351 Å². The van der Waals surface area contributed by atoms with Crippen LogP contribution in [0.3, 0.4) is 0 Å². The lowest BCUT2D eigenvalue weighted by atomic mass is 9.87. The monoisotopic (exact) mass is 760 g/mol. The van der Waals surface area contributed by atoms with Crippen LogP contribution >= 0.6 is 0 Å². The Bertz CT molecular complexity index is 3350. The molecule has 1 aliphatic heterocycles. The maximum absolute atomic E-state index is 8.60. The average Bonchev–Trinajstić information content (AvgIpc) is 3.87. The first-order valence-electron chi connectivity index (χ1n) is 23.3. The largest absolute Gasteiger partial charge is 0.457 e. The molecule has 0 atom stereocenters. The Morgan fingerprint density at radius 3 is 2.19 bits per heavy atom. The second kappa shape index (κ2) is 14.1. The number of fused-ring (bicyclic) bond motifs is 4. The summed E-state index contributed by atoms with van der Waals surface area (Å²) >= 11 is 0. The Morgan fingerprint density at radius 1 is 0.621 bits per heavy atom. The molecule has 0 bridgehead atoms. The third-order valence-corrected chi connectivity index (χ3v) is 10.9. The lowest BCUT2D eigenvalue weighted by molar-refractivity contribution is 0.483. The van der Waals surface area contributed by atoms with Crippen molar-refractivity contribution in [2.45, 2.75) is 33.0 Å². The molecule has 10 rings (SSSR count). The highest BCUT2D eigenvalue weighted by Gasteiger charge is 2.31. The van der Waals surface area contributed by atoms with Gasteiger partial charge in [0.2, 0.25) is 0 Å². The van der Waals surface area contributed by atoms with Crippen LogP contribution in [0.1, 0.15) is 42.9 Å². The SMILES string of the molecule is [2H]c1c([2H])c([2H])c(-c2cnc(-n3c4ccccc4c4ccc(Oc5cccc(N6CN(c7cccc(C(C)(C)C)c7)c7c(-c8ccccc8)cccc76)c5)cc43)cc2C([2H])([2H])[2H])c([2H])c1[2H]. The lowest BCUT2D eigenvalue weighted by Crippen LogP contribution is -2.24. The van der Waals surface area contributed by atoms with Crippen molar-refractivity contribution >= 4 is 44.6 Å². The van der Waals surface area contributed by atoms with Crippen molar-refractivity contribution in [1.82, 2.24) is 9.55 Å². The molecule has 9 aromatic rings. The Kier molecular flexibility index (Phi) is 6.69. The zero-order valence-corrected chi connectivity index (χ0v) is 32.3. The molecule has 0 spiro atoms. The van der Waals surface area contributed by atoms with Gasteiger partial charge in [0.15, 0.2) is 0 Å². The molecule has 0 saturated carbocycles.